The first kappa shape index (κ1) is 15.8. The van der Waals surface area contributed by atoms with E-state index in [1.54, 1.807) is 6.08 Å². The van der Waals surface area contributed by atoms with Crippen molar-refractivity contribution in [3.63, 3.8) is 0 Å². The van der Waals surface area contributed by atoms with Crippen LogP contribution in [0.3, 0.4) is 0 Å². The minimum absolute atomic E-state index is 0.226. The van der Waals surface area contributed by atoms with Crippen molar-refractivity contribution in [2.75, 3.05) is 19.0 Å². The number of rotatable bonds is 7. The van der Waals surface area contributed by atoms with E-state index in [-0.39, 0.29) is 6.61 Å². The van der Waals surface area contributed by atoms with Gasteiger partial charge in [0.15, 0.2) is 0 Å². The third-order valence-corrected chi connectivity index (χ3v) is 4.49. The lowest BCUT2D eigenvalue weighted by molar-refractivity contribution is -0.0433. The molecule has 0 saturated heterocycles. The Hall–Kier alpha value is -0.210. The van der Waals surface area contributed by atoms with Gasteiger partial charge < -0.3 is 9.47 Å². The van der Waals surface area contributed by atoms with E-state index < -0.39 is 21.2 Å². The van der Waals surface area contributed by atoms with Crippen molar-refractivity contribution in [2.24, 2.45) is 0 Å². The average Bonchev–Trinajstić information content (AvgIpc) is 2.33. The molecule has 0 spiro atoms. The van der Waals surface area contributed by atoms with Gasteiger partial charge in [-0.1, -0.05) is 34.2 Å². The molecule has 1 rings (SSSR count). The molecule has 2 atom stereocenters. The lowest BCUT2D eigenvalue weighted by atomic mass is 10.1. The molecular formula is C11H17BrO5S. The molecular weight excluding hydrogens is 324 g/mol. The molecule has 0 aliphatic heterocycles. The zero-order valence-electron chi connectivity index (χ0n) is 10.1. The Balaban J connectivity index is 2.89. The van der Waals surface area contributed by atoms with Crippen molar-refractivity contribution < 1.29 is 22.4 Å². The molecule has 0 heterocycles. The second-order valence-electron chi connectivity index (χ2n) is 3.84. The summed E-state index contributed by atoms with van der Waals surface area (Å²) >= 11 is 3.28. The second kappa shape index (κ2) is 6.81. The first-order chi connectivity index (χ1) is 8.48. The van der Waals surface area contributed by atoms with Gasteiger partial charge >= 0.3 is 10.1 Å². The molecule has 1 aliphatic carbocycles. The van der Waals surface area contributed by atoms with E-state index >= 15 is 0 Å². The highest BCUT2D eigenvalue weighted by Crippen LogP contribution is 2.30. The highest BCUT2D eigenvalue weighted by Gasteiger charge is 2.49. The zero-order chi connectivity index (χ0) is 13.6. The monoisotopic (exact) mass is 340 g/mol. The van der Waals surface area contributed by atoms with Crippen LogP contribution >= 0.6 is 15.9 Å². The van der Waals surface area contributed by atoms with Crippen molar-refractivity contribution in [1.82, 2.24) is 0 Å². The van der Waals surface area contributed by atoms with Gasteiger partial charge in [-0.2, -0.15) is 8.42 Å². The van der Waals surface area contributed by atoms with Crippen LogP contribution in [-0.2, 0) is 19.6 Å². The number of methoxy groups -OCH3 is 1. The molecule has 0 aromatic heterocycles. The summed E-state index contributed by atoms with van der Waals surface area (Å²) in [6, 6.07) is 0. The molecule has 5 nitrogen and oxygen atoms in total. The largest absolute Gasteiger partial charge is 0.373 e. The van der Waals surface area contributed by atoms with E-state index in [0.717, 1.165) is 11.8 Å². The lowest BCUT2D eigenvalue weighted by Gasteiger charge is -2.34. The highest BCUT2D eigenvalue weighted by atomic mass is 79.9. The standard InChI is InChI=1S/C11H17BrO5S/c1-16-10-6-2-3-7-11(10,18(13,14)15)17-9-5-4-8-12/h2-3,6-7,10H,4-5,8-9H2,1H3,(H,13,14,15). The Morgan fingerprint density at radius 3 is 2.67 bits per heavy atom. The Morgan fingerprint density at radius 1 is 1.39 bits per heavy atom. The molecule has 0 fully saturated rings. The number of hydrogen-bond donors (Lipinski definition) is 1. The Kier molecular flexibility index (Phi) is 6.00. The van der Waals surface area contributed by atoms with Crippen LogP contribution in [0.2, 0.25) is 0 Å². The van der Waals surface area contributed by atoms with Crippen molar-refractivity contribution >= 4 is 26.0 Å². The van der Waals surface area contributed by atoms with Crippen LogP contribution in [0.5, 0.6) is 0 Å². The number of allylic oxidation sites excluding steroid dienone is 2. The summed E-state index contributed by atoms with van der Waals surface area (Å²) in [7, 11) is -3.06. The van der Waals surface area contributed by atoms with Gasteiger partial charge in [-0.05, 0) is 18.9 Å². The van der Waals surface area contributed by atoms with E-state index in [0.29, 0.717) is 6.42 Å². The second-order valence-corrected chi connectivity index (χ2v) is 6.22. The van der Waals surface area contributed by atoms with Crippen LogP contribution < -0.4 is 0 Å². The fourth-order valence-corrected chi connectivity index (χ4v) is 3.04. The fourth-order valence-electron chi connectivity index (χ4n) is 1.69. The molecule has 0 bridgehead atoms. The summed E-state index contributed by atoms with van der Waals surface area (Å²) in [6.07, 6.45) is 6.72. The smallest absolute Gasteiger partial charge is 0.302 e. The summed E-state index contributed by atoms with van der Waals surface area (Å²) in [4.78, 5) is -1.84. The van der Waals surface area contributed by atoms with Gasteiger partial charge in [0, 0.05) is 19.0 Å². The summed E-state index contributed by atoms with van der Waals surface area (Å²) in [5, 5.41) is 0.818. The molecule has 1 aliphatic rings. The van der Waals surface area contributed by atoms with Crippen molar-refractivity contribution in [1.29, 1.82) is 0 Å². The molecule has 0 amide bonds. The minimum atomic E-state index is -4.43. The summed E-state index contributed by atoms with van der Waals surface area (Å²) in [5.41, 5.74) is 0. The van der Waals surface area contributed by atoms with E-state index in [4.69, 9.17) is 9.47 Å². The molecule has 7 heteroatoms. The number of alkyl halides is 1. The fraction of sp³-hybridized carbons (Fsp3) is 0.636. The quantitative estimate of drug-likeness (QED) is 0.435. The first-order valence-electron chi connectivity index (χ1n) is 5.53. The number of hydrogen-bond acceptors (Lipinski definition) is 4. The van der Waals surface area contributed by atoms with E-state index in [1.807, 2.05) is 0 Å². The third-order valence-electron chi connectivity index (χ3n) is 2.63. The number of unbranched alkanes of at least 4 members (excludes halogenated alkanes) is 1. The van der Waals surface area contributed by atoms with Gasteiger partial charge in [-0.25, -0.2) is 0 Å². The third kappa shape index (κ3) is 3.42. The SMILES string of the molecule is COC1C=CC=CC1(OCCCCBr)S(=O)(=O)O. The van der Waals surface area contributed by atoms with Crippen LogP contribution in [0, 0.1) is 0 Å². The van der Waals surface area contributed by atoms with Crippen LogP contribution in [0.15, 0.2) is 24.3 Å². The Labute approximate surface area is 116 Å². The summed E-state index contributed by atoms with van der Waals surface area (Å²) in [5.74, 6) is 0. The molecule has 2 unspecified atom stereocenters. The molecule has 1 N–H and O–H groups in total. The number of ether oxygens (including phenoxy) is 2. The highest BCUT2D eigenvalue weighted by molar-refractivity contribution is 9.09. The van der Waals surface area contributed by atoms with Gasteiger partial charge in [0.2, 0.25) is 4.93 Å². The summed E-state index contributed by atoms with van der Waals surface area (Å²) in [6.45, 7) is 0.226. The number of halogens is 1. The maximum Gasteiger partial charge on any atom is 0.302 e. The molecule has 0 aromatic carbocycles. The summed E-state index contributed by atoms with van der Waals surface area (Å²) < 4.78 is 43.1. The Morgan fingerprint density at radius 2 is 2.11 bits per heavy atom. The van der Waals surface area contributed by atoms with Gasteiger partial charge in [0.1, 0.15) is 6.10 Å². The normalized spacial score (nSPS) is 27.6. The lowest BCUT2D eigenvalue weighted by Crippen LogP contribution is -2.51. The van der Waals surface area contributed by atoms with Gasteiger partial charge in [0.05, 0.1) is 0 Å². The van der Waals surface area contributed by atoms with Crippen LogP contribution in [-0.4, -0.2) is 43.1 Å². The minimum Gasteiger partial charge on any atom is -0.373 e. The molecule has 0 saturated carbocycles. The van der Waals surface area contributed by atoms with Gasteiger partial charge in [-0.15, -0.1) is 0 Å². The van der Waals surface area contributed by atoms with E-state index in [1.165, 1.54) is 25.3 Å². The van der Waals surface area contributed by atoms with Crippen molar-refractivity contribution in [3.05, 3.63) is 24.3 Å². The predicted octanol–water partition coefficient (Wildman–Crippen LogP) is 1.90. The van der Waals surface area contributed by atoms with E-state index in [9.17, 15) is 13.0 Å². The van der Waals surface area contributed by atoms with E-state index in [2.05, 4.69) is 15.9 Å². The maximum atomic E-state index is 11.6. The molecule has 0 aromatic rings. The van der Waals surface area contributed by atoms with Crippen LogP contribution in [0.4, 0.5) is 0 Å². The van der Waals surface area contributed by atoms with Crippen LogP contribution in [0.25, 0.3) is 0 Å². The Bertz CT molecular complexity index is 417. The molecule has 104 valence electrons. The van der Waals surface area contributed by atoms with Crippen LogP contribution in [0.1, 0.15) is 12.8 Å². The van der Waals surface area contributed by atoms with Crippen molar-refractivity contribution in [3.8, 4) is 0 Å². The maximum absolute atomic E-state index is 11.6. The average molecular weight is 341 g/mol. The van der Waals surface area contributed by atoms with Crippen molar-refractivity contribution in [2.45, 2.75) is 23.9 Å². The van der Waals surface area contributed by atoms with Gasteiger partial charge in [-0.3, -0.25) is 4.55 Å². The zero-order valence-corrected chi connectivity index (χ0v) is 12.5. The molecule has 18 heavy (non-hydrogen) atoms. The predicted molar refractivity (Wildman–Crippen MR) is 72.3 cm³/mol. The molecule has 0 radical (unpaired) electrons. The topological polar surface area (TPSA) is 72.8 Å². The van der Waals surface area contributed by atoms with Gasteiger partial charge in [0.25, 0.3) is 0 Å². The first-order valence-corrected chi connectivity index (χ1v) is 8.10.